The molecule has 0 aliphatic carbocycles. The number of ether oxygens (including phenoxy) is 1. The van der Waals surface area contributed by atoms with E-state index in [1.165, 1.54) is 18.9 Å². The van der Waals surface area contributed by atoms with E-state index >= 15 is 0 Å². The van der Waals surface area contributed by atoms with Crippen LogP contribution in [0.3, 0.4) is 0 Å². The first-order chi connectivity index (χ1) is 7.06. The van der Waals surface area contributed by atoms with Gasteiger partial charge >= 0.3 is 5.97 Å². The second kappa shape index (κ2) is 5.65. The summed E-state index contributed by atoms with van der Waals surface area (Å²) >= 11 is 2.83. The zero-order valence-electron chi connectivity index (χ0n) is 9.06. The third kappa shape index (κ3) is 3.31. The van der Waals surface area contributed by atoms with Crippen molar-refractivity contribution in [1.29, 1.82) is 0 Å². The monoisotopic (exact) mass is 249 g/mol. The number of nitrogens with zero attached hydrogens (tertiary/aromatic N) is 1. The number of methoxy groups -OCH3 is 1. The molecule has 1 heterocycles. The molecule has 15 heavy (non-hydrogen) atoms. The Balaban J connectivity index is 2.60. The highest BCUT2D eigenvalue weighted by atomic mass is 32.2. The van der Waals surface area contributed by atoms with Gasteiger partial charge in [-0.05, 0) is 0 Å². The molecule has 0 unspecified atom stereocenters. The Kier molecular flexibility index (Phi) is 4.79. The number of hydrogen-bond acceptors (Lipinski definition) is 5. The number of carbonyl (C=O) groups is 2. The standard InChI is InChI=1S/C9H15NO3S2/c1-6(2)15-9(12)10-5-14-4-7(10)8(11)13-3/h6-7H,4-5H2,1-3H3/t7-/m0/s1. The fraction of sp³-hybridized carbons (Fsp3) is 0.778. The lowest BCUT2D eigenvalue weighted by atomic mass is 10.3. The minimum Gasteiger partial charge on any atom is -0.467 e. The van der Waals surface area contributed by atoms with Gasteiger partial charge in [0.15, 0.2) is 0 Å². The lowest BCUT2D eigenvalue weighted by Crippen LogP contribution is -2.41. The van der Waals surface area contributed by atoms with Crippen LogP contribution in [0.1, 0.15) is 13.8 Å². The molecule has 1 amide bonds. The summed E-state index contributed by atoms with van der Waals surface area (Å²) in [7, 11) is 1.35. The molecule has 0 N–H and O–H groups in total. The average molecular weight is 249 g/mol. The largest absolute Gasteiger partial charge is 0.467 e. The molecule has 0 aromatic heterocycles. The summed E-state index contributed by atoms with van der Waals surface area (Å²) in [6, 6.07) is -0.404. The van der Waals surface area contributed by atoms with Gasteiger partial charge in [0.2, 0.25) is 0 Å². The van der Waals surface area contributed by atoms with E-state index in [1.807, 2.05) is 13.8 Å². The molecule has 1 fully saturated rings. The first kappa shape index (κ1) is 12.7. The Bertz CT molecular complexity index is 258. The average Bonchev–Trinajstić information content (AvgIpc) is 2.63. The minimum absolute atomic E-state index is 0.0367. The highest BCUT2D eigenvalue weighted by Crippen LogP contribution is 2.27. The molecule has 1 aliphatic rings. The summed E-state index contributed by atoms with van der Waals surface area (Å²) in [6.45, 7) is 3.91. The third-order valence-electron chi connectivity index (χ3n) is 1.93. The second-order valence-electron chi connectivity index (χ2n) is 3.44. The summed E-state index contributed by atoms with van der Waals surface area (Å²) < 4.78 is 4.66. The van der Waals surface area contributed by atoms with Crippen molar-refractivity contribution in [3.05, 3.63) is 0 Å². The van der Waals surface area contributed by atoms with Crippen molar-refractivity contribution in [3.8, 4) is 0 Å². The molecule has 86 valence electrons. The van der Waals surface area contributed by atoms with E-state index in [9.17, 15) is 9.59 Å². The number of carbonyl (C=O) groups excluding carboxylic acids is 2. The van der Waals surface area contributed by atoms with Crippen molar-refractivity contribution in [2.24, 2.45) is 0 Å². The Labute approximate surface area is 98.1 Å². The first-order valence-corrected chi connectivity index (χ1v) is 6.72. The Morgan fingerprint density at radius 1 is 1.53 bits per heavy atom. The Hall–Kier alpha value is -0.360. The van der Waals surface area contributed by atoms with Gasteiger partial charge in [0.05, 0.1) is 13.0 Å². The number of esters is 1. The fourth-order valence-electron chi connectivity index (χ4n) is 1.22. The van der Waals surface area contributed by atoms with Crippen LogP contribution in [0.2, 0.25) is 0 Å². The van der Waals surface area contributed by atoms with E-state index in [0.717, 1.165) is 0 Å². The van der Waals surface area contributed by atoms with Crippen molar-refractivity contribution in [3.63, 3.8) is 0 Å². The highest BCUT2D eigenvalue weighted by Gasteiger charge is 2.35. The number of hydrogen-bond donors (Lipinski definition) is 0. The molecule has 1 aliphatic heterocycles. The van der Waals surface area contributed by atoms with Gasteiger partial charge in [-0.15, -0.1) is 11.8 Å². The molecule has 0 aromatic rings. The topological polar surface area (TPSA) is 46.6 Å². The lowest BCUT2D eigenvalue weighted by Gasteiger charge is -2.21. The predicted octanol–water partition coefficient (Wildman–Crippen LogP) is 1.80. The SMILES string of the molecule is COC(=O)[C@@H]1CSCN1C(=O)SC(C)C. The van der Waals surface area contributed by atoms with Crippen LogP contribution in [-0.4, -0.2) is 46.1 Å². The van der Waals surface area contributed by atoms with Crippen LogP contribution in [0, 0.1) is 0 Å². The quantitative estimate of drug-likeness (QED) is 0.698. The van der Waals surface area contributed by atoms with Gasteiger partial charge in [0.1, 0.15) is 6.04 Å². The van der Waals surface area contributed by atoms with E-state index in [4.69, 9.17) is 0 Å². The normalized spacial score (nSPS) is 20.8. The van der Waals surface area contributed by atoms with Crippen LogP contribution in [0.5, 0.6) is 0 Å². The highest BCUT2D eigenvalue weighted by molar-refractivity contribution is 8.14. The van der Waals surface area contributed by atoms with Crippen molar-refractivity contribution >= 4 is 34.7 Å². The third-order valence-corrected chi connectivity index (χ3v) is 3.85. The van der Waals surface area contributed by atoms with E-state index in [-0.39, 0.29) is 16.5 Å². The molecule has 1 saturated heterocycles. The van der Waals surface area contributed by atoms with Gasteiger partial charge < -0.3 is 9.64 Å². The van der Waals surface area contributed by atoms with Crippen LogP contribution in [0.4, 0.5) is 4.79 Å². The second-order valence-corrected chi connectivity index (χ2v) is 5.97. The van der Waals surface area contributed by atoms with Crippen molar-refractivity contribution in [2.45, 2.75) is 25.1 Å². The van der Waals surface area contributed by atoms with Gasteiger partial charge in [-0.3, -0.25) is 4.79 Å². The number of amides is 1. The minimum atomic E-state index is -0.404. The summed E-state index contributed by atoms with van der Waals surface area (Å²) in [6.07, 6.45) is 0. The summed E-state index contributed by atoms with van der Waals surface area (Å²) in [5.41, 5.74) is 0. The maximum absolute atomic E-state index is 11.8. The van der Waals surface area contributed by atoms with Crippen LogP contribution in [0.25, 0.3) is 0 Å². The van der Waals surface area contributed by atoms with Crippen molar-refractivity contribution in [2.75, 3.05) is 18.7 Å². The molecule has 0 spiro atoms. The summed E-state index contributed by atoms with van der Waals surface area (Å²) in [4.78, 5) is 24.7. The van der Waals surface area contributed by atoms with Crippen LogP contribution >= 0.6 is 23.5 Å². The molecule has 0 bridgehead atoms. The van der Waals surface area contributed by atoms with Crippen LogP contribution in [0.15, 0.2) is 0 Å². The molecule has 6 heteroatoms. The molecule has 0 aromatic carbocycles. The molecule has 4 nitrogen and oxygen atoms in total. The van der Waals surface area contributed by atoms with E-state index in [0.29, 0.717) is 11.6 Å². The number of rotatable bonds is 2. The Morgan fingerprint density at radius 3 is 2.73 bits per heavy atom. The Morgan fingerprint density at radius 2 is 2.20 bits per heavy atom. The zero-order valence-corrected chi connectivity index (χ0v) is 10.7. The van der Waals surface area contributed by atoms with Gasteiger partial charge in [-0.2, -0.15) is 0 Å². The number of thioether (sulfide) groups is 2. The molecule has 0 radical (unpaired) electrons. The summed E-state index contributed by atoms with van der Waals surface area (Å²) in [5, 5.41) is 0.201. The molecule has 1 rings (SSSR count). The molecule has 0 saturated carbocycles. The predicted molar refractivity (Wildman–Crippen MR) is 63.1 cm³/mol. The molecular formula is C9H15NO3S2. The fourth-order valence-corrected chi connectivity index (χ4v) is 3.17. The van der Waals surface area contributed by atoms with Crippen LogP contribution < -0.4 is 0 Å². The molecular weight excluding hydrogens is 234 g/mol. The van der Waals surface area contributed by atoms with Crippen LogP contribution in [-0.2, 0) is 9.53 Å². The molecule has 1 atom stereocenters. The maximum Gasteiger partial charge on any atom is 0.329 e. The van der Waals surface area contributed by atoms with Gasteiger partial charge in [-0.25, -0.2) is 4.79 Å². The first-order valence-electron chi connectivity index (χ1n) is 4.69. The van der Waals surface area contributed by atoms with Gasteiger partial charge in [-0.1, -0.05) is 25.6 Å². The van der Waals surface area contributed by atoms with E-state index in [2.05, 4.69) is 4.74 Å². The zero-order chi connectivity index (χ0) is 11.4. The smallest absolute Gasteiger partial charge is 0.329 e. The van der Waals surface area contributed by atoms with Gasteiger partial charge in [0.25, 0.3) is 5.24 Å². The van der Waals surface area contributed by atoms with Gasteiger partial charge in [0, 0.05) is 11.0 Å². The van der Waals surface area contributed by atoms with Crippen molar-refractivity contribution in [1.82, 2.24) is 4.90 Å². The lowest BCUT2D eigenvalue weighted by molar-refractivity contribution is -0.144. The van der Waals surface area contributed by atoms with E-state index < -0.39 is 6.04 Å². The van der Waals surface area contributed by atoms with Crippen molar-refractivity contribution < 1.29 is 14.3 Å². The maximum atomic E-state index is 11.8. The van der Waals surface area contributed by atoms with E-state index in [1.54, 1.807) is 16.7 Å². The summed E-state index contributed by atoms with van der Waals surface area (Å²) in [5.74, 6) is 0.896.